The van der Waals surface area contributed by atoms with Gasteiger partial charge in [-0.25, -0.2) is 4.79 Å². The molecule has 2 amide bonds. The van der Waals surface area contributed by atoms with Crippen LogP contribution in [0.15, 0.2) is 24.3 Å². The summed E-state index contributed by atoms with van der Waals surface area (Å²) in [6.07, 6.45) is 0. The third kappa shape index (κ3) is 2.87. The van der Waals surface area contributed by atoms with Gasteiger partial charge in [0.25, 0.3) is 0 Å². The molecule has 0 aliphatic heterocycles. The predicted molar refractivity (Wildman–Crippen MR) is 61.4 cm³/mol. The Morgan fingerprint density at radius 3 is 2.40 bits per heavy atom. The van der Waals surface area contributed by atoms with E-state index in [2.05, 4.69) is 0 Å². The Morgan fingerprint density at radius 2 is 1.87 bits per heavy atom. The lowest BCUT2D eigenvalue weighted by Gasteiger charge is -2.22. The molecule has 1 rings (SSSR count). The number of nitrogen functional groups attached to an aromatic ring is 1. The van der Waals surface area contributed by atoms with Gasteiger partial charge in [-0.3, -0.25) is 0 Å². The van der Waals surface area contributed by atoms with E-state index in [1.165, 1.54) is 0 Å². The van der Waals surface area contributed by atoms with E-state index in [9.17, 15) is 4.79 Å². The van der Waals surface area contributed by atoms with Crippen LogP contribution in [-0.2, 0) is 6.54 Å². The SMILES string of the molecule is CN(C)C(=O)N(C)Cc1ccccc1N. The van der Waals surface area contributed by atoms with Gasteiger partial charge >= 0.3 is 6.03 Å². The van der Waals surface area contributed by atoms with Gasteiger partial charge in [-0.15, -0.1) is 0 Å². The second-order valence-electron chi connectivity index (χ2n) is 3.73. The van der Waals surface area contributed by atoms with Crippen LogP contribution in [-0.4, -0.2) is 37.0 Å². The number of carbonyl (C=O) groups excluding carboxylic acids is 1. The normalized spacial score (nSPS) is 9.80. The first-order valence-electron chi connectivity index (χ1n) is 4.78. The first kappa shape index (κ1) is 11.4. The molecule has 0 heterocycles. The number of benzene rings is 1. The molecule has 15 heavy (non-hydrogen) atoms. The van der Waals surface area contributed by atoms with Crippen LogP contribution in [0.3, 0.4) is 0 Å². The zero-order valence-corrected chi connectivity index (χ0v) is 9.40. The molecule has 0 saturated carbocycles. The lowest BCUT2D eigenvalue weighted by molar-refractivity contribution is 0.180. The van der Waals surface area contributed by atoms with Crippen LogP contribution in [0.2, 0.25) is 0 Å². The lowest BCUT2D eigenvalue weighted by Crippen LogP contribution is -2.35. The smallest absolute Gasteiger partial charge is 0.319 e. The van der Waals surface area contributed by atoms with Crippen LogP contribution in [0.1, 0.15) is 5.56 Å². The molecule has 0 fully saturated rings. The van der Waals surface area contributed by atoms with Crippen molar-refractivity contribution in [3.63, 3.8) is 0 Å². The fourth-order valence-electron chi connectivity index (χ4n) is 1.34. The van der Waals surface area contributed by atoms with Crippen molar-refractivity contribution in [2.24, 2.45) is 0 Å². The Bertz CT molecular complexity index is 349. The monoisotopic (exact) mass is 207 g/mol. The number of hydrogen-bond acceptors (Lipinski definition) is 2. The minimum atomic E-state index is -0.0294. The maximum Gasteiger partial charge on any atom is 0.319 e. The minimum Gasteiger partial charge on any atom is -0.398 e. The van der Waals surface area contributed by atoms with Crippen molar-refractivity contribution in [3.05, 3.63) is 29.8 Å². The Morgan fingerprint density at radius 1 is 1.27 bits per heavy atom. The molecule has 0 spiro atoms. The number of para-hydroxylation sites is 1. The number of carbonyl (C=O) groups is 1. The average molecular weight is 207 g/mol. The Kier molecular flexibility index (Phi) is 3.55. The Balaban J connectivity index is 2.71. The van der Waals surface area contributed by atoms with Crippen LogP contribution >= 0.6 is 0 Å². The maximum atomic E-state index is 11.6. The first-order valence-corrected chi connectivity index (χ1v) is 4.78. The van der Waals surface area contributed by atoms with Gasteiger partial charge < -0.3 is 15.5 Å². The van der Waals surface area contributed by atoms with E-state index < -0.39 is 0 Å². The largest absolute Gasteiger partial charge is 0.398 e. The van der Waals surface area contributed by atoms with Crippen molar-refractivity contribution >= 4 is 11.7 Å². The summed E-state index contributed by atoms with van der Waals surface area (Å²) in [5.74, 6) is 0. The summed E-state index contributed by atoms with van der Waals surface area (Å²) in [4.78, 5) is 14.7. The number of rotatable bonds is 2. The van der Waals surface area contributed by atoms with Crippen LogP contribution in [0.4, 0.5) is 10.5 Å². The van der Waals surface area contributed by atoms with Crippen molar-refractivity contribution < 1.29 is 4.79 Å². The van der Waals surface area contributed by atoms with E-state index in [-0.39, 0.29) is 6.03 Å². The third-order valence-corrected chi connectivity index (χ3v) is 2.17. The lowest BCUT2D eigenvalue weighted by atomic mass is 10.2. The van der Waals surface area contributed by atoms with Gasteiger partial charge in [0.2, 0.25) is 0 Å². The second-order valence-corrected chi connectivity index (χ2v) is 3.73. The van der Waals surface area contributed by atoms with Gasteiger partial charge in [0.05, 0.1) is 0 Å². The highest BCUT2D eigenvalue weighted by molar-refractivity contribution is 5.73. The summed E-state index contributed by atoms with van der Waals surface area (Å²) < 4.78 is 0. The van der Waals surface area contributed by atoms with Crippen LogP contribution in [0.25, 0.3) is 0 Å². The summed E-state index contributed by atoms with van der Waals surface area (Å²) in [5, 5.41) is 0. The second kappa shape index (κ2) is 4.68. The molecule has 0 radical (unpaired) electrons. The summed E-state index contributed by atoms with van der Waals surface area (Å²) in [6, 6.07) is 7.53. The van der Waals surface area contributed by atoms with E-state index in [0.29, 0.717) is 6.54 Å². The van der Waals surface area contributed by atoms with E-state index in [1.54, 1.807) is 30.9 Å². The molecule has 0 bridgehead atoms. The van der Waals surface area contributed by atoms with Crippen LogP contribution < -0.4 is 5.73 Å². The van der Waals surface area contributed by atoms with Crippen molar-refractivity contribution in [2.75, 3.05) is 26.9 Å². The topological polar surface area (TPSA) is 49.6 Å². The molecule has 0 saturated heterocycles. The molecule has 2 N–H and O–H groups in total. The molecule has 4 heteroatoms. The molecule has 4 nitrogen and oxygen atoms in total. The first-order chi connectivity index (χ1) is 7.02. The zero-order valence-electron chi connectivity index (χ0n) is 9.40. The van der Waals surface area contributed by atoms with E-state index in [1.807, 2.05) is 24.3 Å². The minimum absolute atomic E-state index is 0.0294. The summed E-state index contributed by atoms with van der Waals surface area (Å²) >= 11 is 0. The number of hydrogen-bond donors (Lipinski definition) is 1. The van der Waals surface area contributed by atoms with E-state index in [0.717, 1.165) is 11.3 Å². The highest BCUT2D eigenvalue weighted by Crippen LogP contribution is 2.12. The number of urea groups is 1. The average Bonchev–Trinajstić information content (AvgIpc) is 2.20. The zero-order chi connectivity index (χ0) is 11.4. The van der Waals surface area contributed by atoms with Crippen molar-refractivity contribution in [3.8, 4) is 0 Å². The van der Waals surface area contributed by atoms with Gasteiger partial charge in [-0.1, -0.05) is 18.2 Å². The molecule has 1 aromatic rings. The summed E-state index contributed by atoms with van der Waals surface area (Å²) in [6.45, 7) is 0.531. The molecule has 0 aromatic heterocycles. The maximum absolute atomic E-state index is 11.6. The third-order valence-electron chi connectivity index (χ3n) is 2.17. The number of amides is 2. The van der Waals surface area contributed by atoms with Crippen molar-refractivity contribution in [1.82, 2.24) is 9.80 Å². The number of nitrogens with zero attached hydrogens (tertiary/aromatic N) is 2. The standard InChI is InChI=1S/C11H17N3O/c1-13(2)11(15)14(3)8-9-6-4-5-7-10(9)12/h4-7H,8,12H2,1-3H3. The molecule has 1 aromatic carbocycles. The number of anilines is 1. The number of nitrogens with two attached hydrogens (primary N) is 1. The molecule has 0 aliphatic carbocycles. The van der Waals surface area contributed by atoms with Gasteiger partial charge in [0, 0.05) is 33.4 Å². The molecule has 82 valence electrons. The van der Waals surface area contributed by atoms with Crippen molar-refractivity contribution in [1.29, 1.82) is 0 Å². The predicted octanol–water partition coefficient (Wildman–Crippen LogP) is 1.38. The summed E-state index contributed by atoms with van der Waals surface area (Å²) in [7, 11) is 5.22. The fourth-order valence-corrected chi connectivity index (χ4v) is 1.34. The van der Waals surface area contributed by atoms with Crippen LogP contribution in [0, 0.1) is 0 Å². The Labute approximate surface area is 90.3 Å². The fraction of sp³-hybridized carbons (Fsp3) is 0.364. The van der Waals surface area contributed by atoms with E-state index >= 15 is 0 Å². The Hall–Kier alpha value is -1.71. The molecular formula is C11H17N3O. The van der Waals surface area contributed by atoms with Gasteiger partial charge in [0.15, 0.2) is 0 Å². The molecular weight excluding hydrogens is 190 g/mol. The molecule has 0 atom stereocenters. The van der Waals surface area contributed by atoms with Gasteiger partial charge in [-0.05, 0) is 11.6 Å². The highest BCUT2D eigenvalue weighted by Gasteiger charge is 2.11. The van der Waals surface area contributed by atoms with Gasteiger partial charge in [0.1, 0.15) is 0 Å². The van der Waals surface area contributed by atoms with Crippen molar-refractivity contribution in [2.45, 2.75) is 6.54 Å². The quantitative estimate of drug-likeness (QED) is 0.745. The van der Waals surface area contributed by atoms with Crippen LogP contribution in [0.5, 0.6) is 0 Å². The summed E-state index contributed by atoms with van der Waals surface area (Å²) in [5.41, 5.74) is 7.48. The van der Waals surface area contributed by atoms with Gasteiger partial charge in [-0.2, -0.15) is 0 Å². The molecule has 0 aliphatic rings. The highest BCUT2D eigenvalue weighted by atomic mass is 16.2. The molecule has 0 unspecified atom stereocenters. The van der Waals surface area contributed by atoms with E-state index in [4.69, 9.17) is 5.73 Å².